The number of hydrogen-bond acceptors (Lipinski definition) is 6. The van der Waals surface area contributed by atoms with Gasteiger partial charge in [0.15, 0.2) is 0 Å². The van der Waals surface area contributed by atoms with Crippen LogP contribution in [0.5, 0.6) is 0 Å². The first-order valence-corrected chi connectivity index (χ1v) is 8.89. The van der Waals surface area contributed by atoms with Crippen molar-refractivity contribution >= 4 is 17.8 Å². The molecule has 3 rings (SSSR count). The molecule has 142 valence electrons. The maximum atomic E-state index is 12.7. The van der Waals surface area contributed by atoms with Gasteiger partial charge in [0.1, 0.15) is 0 Å². The zero-order valence-corrected chi connectivity index (χ0v) is 15.4. The summed E-state index contributed by atoms with van der Waals surface area (Å²) >= 11 is 0. The average molecular weight is 369 g/mol. The molecule has 2 aromatic heterocycles. The van der Waals surface area contributed by atoms with Gasteiger partial charge in [-0.15, -0.1) is 0 Å². The first kappa shape index (κ1) is 18.8. The van der Waals surface area contributed by atoms with Crippen LogP contribution in [0, 0.1) is 25.7 Å². The summed E-state index contributed by atoms with van der Waals surface area (Å²) in [6, 6.07) is 5.55. The minimum absolute atomic E-state index is 0.167. The van der Waals surface area contributed by atoms with Crippen LogP contribution in [0.15, 0.2) is 30.6 Å². The monoisotopic (exact) mass is 369 g/mol. The Morgan fingerprint density at radius 3 is 2.56 bits per heavy atom. The Labute approximate surface area is 157 Å². The Morgan fingerprint density at radius 2 is 1.93 bits per heavy atom. The number of aryl methyl sites for hydroxylation is 2. The lowest BCUT2D eigenvalue weighted by atomic mass is 9.88. The number of carbonyl (C=O) groups excluding carboxylic acids is 1. The first-order chi connectivity index (χ1) is 12.9. The highest BCUT2D eigenvalue weighted by Gasteiger charge is 2.36. The molecule has 0 saturated carbocycles. The maximum Gasteiger partial charge on any atom is 0.308 e. The Kier molecular flexibility index (Phi) is 5.63. The van der Waals surface area contributed by atoms with E-state index in [1.54, 1.807) is 17.3 Å². The molecule has 0 unspecified atom stereocenters. The molecule has 0 aliphatic carbocycles. The van der Waals surface area contributed by atoms with Gasteiger partial charge in [0.25, 0.3) is 0 Å². The molecule has 2 N–H and O–H groups in total. The van der Waals surface area contributed by atoms with Gasteiger partial charge in [-0.2, -0.15) is 0 Å². The molecule has 3 heterocycles. The maximum absolute atomic E-state index is 12.7. The number of carboxylic acids is 1. The second kappa shape index (κ2) is 8.11. The van der Waals surface area contributed by atoms with Crippen molar-refractivity contribution in [3.8, 4) is 0 Å². The van der Waals surface area contributed by atoms with Gasteiger partial charge in [0.2, 0.25) is 11.9 Å². The topological polar surface area (TPSA) is 108 Å². The summed E-state index contributed by atoms with van der Waals surface area (Å²) in [4.78, 5) is 38.9. The molecule has 1 fully saturated rings. The smallest absolute Gasteiger partial charge is 0.308 e. The normalized spacial score (nSPS) is 19.6. The van der Waals surface area contributed by atoms with Crippen molar-refractivity contribution in [3.05, 3.63) is 47.5 Å². The number of pyridine rings is 1. The van der Waals surface area contributed by atoms with E-state index < -0.39 is 17.8 Å². The van der Waals surface area contributed by atoms with Crippen LogP contribution < -0.4 is 10.2 Å². The van der Waals surface area contributed by atoms with Crippen molar-refractivity contribution < 1.29 is 14.7 Å². The number of aliphatic carboxylic acids is 1. The van der Waals surface area contributed by atoms with E-state index in [4.69, 9.17) is 0 Å². The molecular weight excluding hydrogens is 346 g/mol. The van der Waals surface area contributed by atoms with Crippen molar-refractivity contribution in [1.82, 2.24) is 20.3 Å². The molecule has 1 aliphatic rings. The van der Waals surface area contributed by atoms with Crippen molar-refractivity contribution in [2.24, 2.45) is 11.8 Å². The summed E-state index contributed by atoms with van der Waals surface area (Å²) in [5, 5.41) is 12.4. The van der Waals surface area contributed by atoms with Gasteiger partial charge in [0, 0.05) is 43.4 Å². The molecule has 1 saturated heterocycles. The van der Waals surface area contributed by atoms with Gasteiger partial charge < -0.3 is 15.3 Å². The Balaban J connectivity index is 1.73. The average Bonchev–Trinajstić information content (AvgIpc) is 2.65. The van der Waals surface area contributed by atoms with E-state index in [-0.39, 0.29) is 5.91 Å². The van der Waals surface area contributed by atoms with Gasteiger partial charge in [-0.3, -0.25) is 14.6 Å². The van der Waals surface area contributed by atoms with Crippen molar-refractivity contribution in [2.75, 3.05) is 18.0 Å². The van der Waals surface area contributed by atoms with E-state index in [0.717, 1.165) is 17.0 Å². The molecule has 0 radical (unpaired) electrons. The predicted molar refractivity (Wildman–Crippen MR) is 99.0 cm³/mol. The molecule has 0 spiro atoms. The van der Waals surface area contributed by atoms with Crippen LogP contribution in [-0.2, 0) is 16.1 Å². The number of piperidine rings is 1. The second-order valence-corrected chi connectivity index (χ2v) is 6.90. The highest BCUT2D eigenvalue weighted by atomic mass is 16.4. The minimum Gasteiger partial charge on any atom is -0.481 e. The van der Waals surface area contributed by atoms with Crippen LogP contribution >= 0.6 is 0 Å². The molecule has 1 amide bonds. The summed E-state index contributed by atoms with van der Waals surface area (Å²) < 4.78 is 0. The molecule has 27 heavy (non-hydrogen) atoms. The lowest BCUT2D eigenvalue weighted by Gasteiger charge is -2.35. The van der Waals surface area contributed by atoms with Crippen LogP contribution in [0.3, 0.4) is 0 Å². The molecule has 1 aliphatic heterocycles. The molecule has 0 aromatic carbocycles. The van der Waals surface area contributed by atoms with Gasteiger partial charge >= 0.3 is 5.97 Å². The fourth-order valence-electron chi connectivity index (χ4n) is 3.32. The van der Waals surface area contributed by atoms with Crippen LogP contribution in [0.25, 0.3) is 0 Å². The summed E-state index contributed by atoms with van der Waals surface area (Å²) in [7, 11) is 0. The molecule has 2 atom stereocenters. The standard InChI is InChI=1S/C19H23N5O3/c1-12-6-13(2)23-19(22-12)24-10-15(7-16(11-24)18(26)27)17(25)21-9-14-4-3-5-20-8-14/h3-6,8,15-16H,7,9-11H2,1-2H3,(H,21,25)(H,26,27)/t15-,16+/m1/s1. The molecular formula is C19H23N5O3. The largest absolute Gasteiger partial charge is 0.481 e. The predicted octanol–water partition coefficient (Wildman–Crippen LogP) is 1.33. The number of nitrogens with one attached hydrogen (secondary N) is 1. The van der Waals surface area contributed by atoms with Gasteiger partial charge in [-0.1, -0.05) is 6.07 Å². The quantitative estimate of drug-likeness (QED) is 0.818. The van der Waals surface area contributed by atoms with Crippen LogP contribution in [0.2, 0.25) is 0 Å². The van der Waals surface area contributed by atoms with Gasteiger partial charge in [-0.25, -0.2) is 9.97 Å². The molecule has 8 nitrogen and oxygen atoms in total. The van der Waals surface area contributed by atoms with Crippen molar-refractivity contribution in [3.63, 3.8) is 0 Å². The first-order valence-electron chi connectivity index (χ1n) is 8.89. The fraction of sp³-hybridized carbons (Fsp3) is 0.421. The highest BCUT2D eigenvalue weighted by molar-refractivity contribution is 5.81. The third-order valence-electron chi connectivity index (χ3n) is 4.61. The lowest BCUT2D eigenvalue weighted by Crippen LogP contribution is -2.49. The van der Waals surface area contributed by atoms with E-state index in [9.17, 15) is 14.7 Å². The van der Waals surface area contributed by atoms with E-state index in [2.05, 4.69) is 20.3 Å². The van der Waals surface area contributed by atoms with E-state index in [1.807, 2.05) is 32.0 Å². The molecule has 0 bridgehead atoms. The summed E-state index contributed by atoms with van der Waals surface area (Å²) in [5.74, 6) is -1.69. The highest BCUT2D eigenvalue weighted by Crippen LogP contribution is 2.26. The summed E-state index contributed by atoms with van der Waals surface area (Å²) in [6.45, 7) is 4.79. The van der Waals surface area contributed by atoms with E-state index in [0.29, 0.717) is 32.0 Å². The van der Waals surface area contributed by atoms with Crippen molar-refractivity contribution in [1.29, 1.82) is 0 Å². The third-order valence-corrected chi connectivity index (χ3v) is 4.61. The molecule has 2 aromatic rings. The van der Waals surface area contributed by atoms with Gasteiger partial charge in [0.05, 0.1) is 11.8 Å². The summed E-state index contributed by atoms with van der Waals surface area (Å²) in [5.41, 5.74) is 2.52. The minimum atomic E-state index is -0.908. The number of amides is 1. The SMILES string of the molecule is Cc1cc(C)nc(N2C[C@@H](C(=O)O)C[C@@H](C(=O)NCc3cccnc3)C2)n1. The molecule has 8 heteroatoms. The fourth-order valence-corrected chi connectivity index (χ4v) is 3.32. The zero-order chi connectivity index (χ0) is 19.4. The number of hydrogen-bond donors (Lipinski definition) is 2. The van der Waals surface area contributed by atoms with Gasteiger partial charge in [-0.05, 0) is 38.0 Å². The second-order valence-electron chi connectivity index (χ2n) is 6.90. The third kappa shape index (κ3) is 4.78. The number of nitrogens with zero attached hydrogens (tertiary/aromatic N) is 4. The van der Waals surface area contributed by atoms with Crippen LogP contribution in [-0.4, -0.2) is 45.0 Å². The zero-order valence-electron chi connectivity index (χ0n) is 15.4. The Bertz CT molecular complexity index is 807. The Morgan fingerprint density at radius 1 is 1.22 bits per heavy atom. The number of aromatic nitrogens is 3. The number of anilines is 1. The van der Waals surface area contributed by atoms with Crippen LogP contribution in [0.4, 0.5) is 5.95 Å². The van der Waals surface area contributed by atoms with E-state index >= 15 is 0 Å². The lowest BCUT2D eigenvalue weighted by molar-refractivity contribution is -0.143. The number of rotatable bonds is 5. The number of carboxylic acid groups (broad SMARTS) is 1. The van der Waals surface area contributed by atoms with Crippen LogP contribution in [0.1, 0.15) is 23.4 Å². The van der Waals surface area contributed by atoms with Crippen molar-refractivity contribution in [2.45, 2.75) is 26.8 Å². The summed E-state index contributed by atoms with van der Waals surface area (Å²) in [6.07, 6.45) is 3.66. The number of carbonyl (C=O) groups is 2. The van der Waals surface area contributed by atoms with E-state index in [1.165, 1.54) is 0 Å². The Hall–Kier alpha value is -3.03.